The molecule has 0 heterocycles. The van der Waals surface area contributed by atoms with Crippen LogP contribution < -0.4 is 0 Å². The zero-order chi connectivity index (χ0) is 16.7. The molecule has 0 aliphatic carbocycles. The summed E-state index contributed by atoms with van der Waals surface area (Å²) in [7, 11) is 0. The molecule has 0 spiro atoms. The van der Waals surface area contributed by atoms with E-state index in [1.807, 2.05) is 6.08 Å². The fourth-order valence-corrected chi connectivity index (χ4v) is 2.40. The van der Waals surface area contributed by atoms with E-state index in [9.17, 15) is 15.0 Å². The first-order valence-corrected chi connectivity index (χ1v) is 8.79. The Morgan fingerprint density at radius 2 is 1.50 bits per heavy atom. The normalized spacial score (nSPS) is 12.1. The van der Waals surface area contributed by atoms with E-state index >= 15 is 0 Å². The summed E-state index contributed by atoms with van der Waals surface area (Å²) in [4.78, 5) is 10.3. The molecule has 0 radical (unpaired) electrons. The van der Waals surface area contributed by atoms with Crippen molar-refractivity contribution in [3.8, 4) is 0 Å². The zero-order valence-corrected chi connectivity index (χ0v) is 14.1. The lowest BCUT2D eigenvalue weighted by Crippen LogP contribution is -2.27. The first-order chi connectivity index (χ1) is 10.5. The predicted octanol–water partition coefficient (Wildman–Crippen LogP) is 4.40. The minimum Gasteiger partial charge on any atom is -0.481 e. The summed E-state index contributed by atoms with van der Waals surface area (Å²) in [5.41, 5.74) is 0. The molecule has 0 unspecified atom stereocenters. The molecule has 0 bridgehead atoms. The number of rotatable bonds is 15. The summed E-state index contributed by atoms with van der Waals surface area (Å²) in [6.45, 7) is 2.10. The Balaban J connectivity index is 3.41. The van der Waals surface area contributed by atoms with Crippen molar-refractivity contribution in [2.45, 2.75) is 96.2 Å². The van der Waals surface area contributed by atoms with Gasteiger partial charge in [0, 0.05) is 19.3 Å². The summed E-state index contributed by atoms with van der Waals surface area (Å²) in [6, 6.07) is 0. The van der Waals surface area contributed by atoms with Gasteiger partial charge in [-0.25, -0.2) is 0 Å². The predicted molar refractivity (Wildman–Crippen MR) is 89.6 cm³/mol. The molecule has 0 fully saturated rings. The van der Waals surface area contributed by atoms with Gasteiger partial charge in [-0.15, -0.1) is 0 Å². The second kappa shape index (κ2) is 13.8. The van der Waals surface area contributed by atoms with E-state index in [1.54, 1.807) is 0 Å². The van der Waals surface area contributed by atoms with Crippen molar-refractivity contribution in [3.63, 3.8) is 0 Å². The van der Waals surface area contributed by atoms with Crippen LogP contribution in [0.5, 0.6) is 0 Å². The van der Waals surface area contributed by atoms with Crippen LogP contribution in [0, 0.1) is 0 Å². The summed E-state index contributed by atoms with van der Waals surface area (Å²) >= 11 is 0. The molecule has 0 aromatic carbocycles. The maximum Gasteiger partial charge on any atom is 0.303 e. The van der Waals surface area contributed by atoms with Crippen LogP contribution in [0.15, 0.2) is 12.2 Å². The number of hydrogen-bond acceptors (Lipinski definition) is 3. The molecule has 0 saturated carbocycles. The van der Waals surface area contributed by atoms with Crippen molar-refractivity contribution >= 4 is 5.97 Å². The lowest BCUT2D eigenvalue weighted by Gasteiger charge is -2.20. The van der Waals surface area contributed by atoms with Crippen LogP contribution in [0.25, 0.3) is 0 Å². The summed E-state index contributed by atoms with van der Waals surface area (Å²) in [5.74, 6) is -2.22. The maximum absolute atomic E-state index is 10.3. The van der Waals surface area contributed by atoms with E-state index in [0.717, 1.165) is 57.8 Å². The Bertz CT molecular complexity index is 297. The minimum atomic E-state index is -1.51. The number of carbonyl (C=O) groups is 1. The van der Waals surface area contributed by atoms with Gasteiger partial charge in [0.05, 0.1) is 0 Å². The minimum absolute atomic E-state index is 0.280. The van der Waals surface area contributed by atoms with Crippen molar-refractivity contribution in [3.05, 3.63) is 12.2 Å². The second-order valence-electron chi connectivity index (χ2n) is 6.15. The second-order valence-corrected chi connectivity index (χ2v) is 6.15. The third kappa shape index (κ3) is 15.5. The summed E-state index contributed by atoms with van der Waals surface area (Å²) in [5, 5.41) is 28.1. The quantitative estimate of drug-likeness (QED) is 0.238. The van der Waals surface area contributed by atoms with Crippen molar-refractivity contribution in [2.75, 3.05) is 0 Å². The molecule has 4 nitrogen and oxygen atoms in total. The fourth-order valence-electron chi connectivity index (χ4n) is 2.40. The van der Waals surface area contributed by atoms with E-state index in [0.29, 0.717) is 19.3 Å². The zero-order valence-electron chi connectivity index (χ0n) is 14.1. The van der Waals surface area contributed by atoms with E-state index in [1.165, 1.54) is 0 Å². The van der Waals surface area contributed by atoms with Crippen LogP contribution in [-0.2, 0) is 4.79 Å². The lowest BCUT2D eigenvalue weighted by atomic mass is 10.0. The number of unbranched alkanes of at least 4 members (excludes halogenated alkanes) is 7. The van der Waals surface area contributed by atoms with Gasteiger partial charge in [0.1, 0.15) is 0 Å². The summed E-state index contributed by atoms with van der Waals surface area (Å²) in [6.07, 6.45) is 15.1. The van der Waals surface area contributed by atoms with Gasteiger partial charge in [0.15, 0.2) is 5.79 Å². The largest absolute Gasteiger partial charge is 0.481 e. The van der Waals surface area contributed by atoms with E-state index < -0.39 is 11.8 Å². The van der Waals surface area contributed by atoms with Gasteiger partial charge in [0.2, 0.25) is 0 Å². The third-order valence-corrected chi connectivity index (χ3v) is 3.82. The smallest absolute Gasteiger partial charge is 0.303 e. The Morgan fingerprint density at radius 3 is 2.18 bits per heavy atom. The van der Waals surface area contributed by atoms with Crippen LogP contribution in [0.3, 0.4) is 0 Å². The number of carboxylic acids is 1. The first-order valence-electron chi connectivity index (χ1n) is 8.79. The van der Waals surface area contributed by atoms with Gasteiger partial charge >= 0.3 is 5.97 Å². The van der Waals surface area contributed by atoms with Crippen LogP contribution in [0.4, 0.5) is 0 Å². The van der Waals surface area contributed by atoms with Gasteiger partial charge in [0.25, 0.3) is 0 Å². The SMILES string of the molecule is CCCCCC(O)(O)CC/C=C/CCCCCCCC(=O)O. The standard InChI is InChI=1S/C18H34O4/c1-2-3-12-15-18(21,22)16-13-10-8-6-4-5-7-9-11-14-17(19)20/h8,10,21-22H,2-7,9,11-16H2,1H3,(H,19,20)/b10-8+. The van der Waals surface area contributed by atoms with Crippen LogP contribution >= 0.6 is 0 Å². The van der Waals surface area contributed by atoms with Crippen molar-refractivity contribution in [1.82, 2.24) is 0 Å². The average Bonchev–Trinajstić information content (AvgIpc) is 2.44. The Labute approximate surface area is 135 Å². The van der Waals surface area contributed by atoms with Crippen molar-refractivity contribution in [1.29, 1.82) is 0 Å². The van der Waals surface area contributed by atoms with Gasteiger partial charge in [-0.05, 0) is 32.1 Å². The Kier molecular flexibility index (Phi) is 13.2. The monoisotopic (exact) mass is 314 g/mol. The van der Waals surface area contributed by atoms with Crippen LogP contribution in [0.2, 0.25) is 0 Å². The molecule has 0 rings (SSSR count). The highest BCUT2D eigenvalue weighted by molar-refractivity contribution is 5.66. The molecular weight excluding hydrogens is 280 g/mol. The maximum atomic E-state index is 10.3. The topological polar surface area (TPSA) is 77.8 Å². The summed E-state index contributed by atoms with van der Waals surface area (Å²) < 4.78 is 0. The molecule has 0 amide bonds. The Hall–Kier alpha value is -0.870. The van der Waals surface area contributed by atoms with Gasteiger partial charge in [-0.2, -0.15) is 0 Å². The molecule has 0 aliphatic heterocycles. The number of aliphatic hydroxyl groups is 2. The van der Waals surface area contributed by atoms with Crippen LogP contribution in [0.1, 0.15) is 90.4 Å². The molecule has 3 N–H and O–H groups in total. The molecular formula is C18H34O4. The third-order valence-electron chi connectivity index (χ3n) is 3.82. The highest BCUT2D eigenvalue weighted by atomic mass is 16.5. The molecule has 0 atom stereocenters. The first kappa shape index (κ1) is 21.1. The van der Waals surface area contributed by atoms with Gasteiger partial charge < -0.3 is 15.3 Å². The highest BCUT2D eigenvalue weighted by Crippen LogP contribution is 2.18. The van der Waals surface area contributed by atoms with E-state index in [2.05, 4.69) is 13.0 Å². The Morgan fingerprint density at radius 1 is 0.864 bits per heavy atom. The average molecular weight is 314 g/mol. The number of hydrogen-bond donors (Lipinski definition) is 3. The van der Waals surface area contributed by atoms with Crippen molar-refractivity contribution < 1.29 is 20.1 Å². The van der Waals surface area contributed by atoms with Crippen LogP contribution in [-0.4, -0.2) is 27.1 Å². The molecule has 0 aliphatic rings. The molecule has 0 saturated heterocycles. The van der Waals surface area contributed by atoms with Gasteiger partial charge in [-0.1, -0.05) is 51.2 Å². The molecule has 0 aromatic rings. The molecule has 4 heteroatoms. The fraction of sp³-hybridized carbons (Fsp3) is 0.833. The molecule has 130 valence electrons. The van der Waals surface area contributed by atoms with Crippen molar-refractivity contribution in [2.24, 2.45) is 0 Å². The highest BCUT2D eigenvalue weighted by Gasteiger charge is 2.20. The number of carboxylic acid groups (broad SMARTS) is 1. The molecule has 22 heavy (non-hydrogen) atoms. The number of aliphatic carboxylic acids is 1. The lowest BCUT2D eigenvalue weighted by molar-refractivity contribution is -0.170. The van der Waals surface area contributed by atoms with E-state index in [-0.39, 0.29) is 6.42 Å². The number of allylic oxidation sites excluding steroid dienone is 2. The molecule has 0 aromatic heterocycles. The van der Waals surface area contributed by atoms with Gasteiger partial charge in [-0.3, -0.25) is 4.79 Å². The van der Waals surface area contributed by atoms with E-state index in [4.69, 9.17) is 5.11 Å².